The fourth-order valence-electron chi connectivity index (χ4n) is 3.66. The van der Waals surface area contributed by atoms with E-state index in [0.29, 0.717) is 56.7 Å². The third-order valence-electron chi connectivity index (χ3n) is 5.58. The van der Waals surface area contributed by atoms with Gasteiger partial charge in [0, 0.05) is 6.54 Å². The zero-order chi connectivity index (χ0) is 27.6. The average molecular weight is 526 g/mol. The van der Waals surface area contributed by atoms with E-state index in [2.05, 4.69) is 9.98 Å². The van der Waals surface area contributed by atoms with Crippen LogP contribution in [-0.4, -0.2) is 63.1 Å². The summed E-state index contributed by atoms with van der Waals surface area (Å²) in [6, 6.07) is 13.1. The zero-order valence-electron chi connectivity index (χ0n) is 21.5. The van der Waals surface area contributed by atoms with Gasteiger partial charge >= 0.3 is 12.2 Å². The number of amides is 2. The normalized spacial score (nSPS) is 10.8. The highest BCUT2D eigenvalue weighted by atomic mass is 16.6. The van der Waals surface area contributed by atoms with Crippen molar-refractivity contribution in [2.75, 3.05) is 33.9 Å². The standard InChI is InChI=1S/C27H31N3O8/c1-35-22-12-3-5-14-24(22)37-26(33)30(27(34)38-25-15-6-4-13-23(25)36-2)17-8-7-10-21(18-29-20-32)11-9-16-28-19-31/h3-6,12-15,21H,7-11,16-18H2,1-2H3. The molecule has 38 heavy (non-hydrogen) atoms. The van der Waals surface area contributed by atoms with E-state index in [1.54, 1.807) is 54.6 Å². The lowest BCUT2D eigenvalue weighted by Gasteiger charge is -2.21. The Balaban J connectivity index is 2.09. The van der Waals surface area contributed by atoms with Crippen molar-refractivity contribution in [3.63, 3.8) is 0 Å². The van der Waals surface area contributed by atoms with Gasteiger partial charge in [-0.15, -0.1) is 0 Å². The van der Waals surface area contributed by atoms with Crippen LogP contribution in [-0.2, 0) is 9.59 Å². The summed E-state index contributed by atoms with van der Waals surface area (Å²) in [7, 11) is 2.88. The number of methoxy groups -OCH3 is 2. The second kappa shape index (κ2) is 17.1. The van der Waals surface area contributed by atoms with Gasteiger partial charge in [-0.1, -0.05) is 30.7 Å². The third kappa shape index (κ3) is 9.89. The van der Waals surface area contributed by atoms with Gasteiger partial charge in [-0.3, -0.25) is 0 Å². The summed E-state index contributed by atoms with van der Waals surface area (Å²) in [4.78, 5) is 55.0. The van der Waals surface area contributed by atoms with Crippen molar-refractivity contribution < 1.29 is 38.1 Å². The third-order valence-corrected chi connectivity index (χ3v) is 5.58. The number of hydrogen-bond acceptors (Lipinski definition) is 10. The van der Waals surface area contributed by atoms with Crippen LogP contribution < -0.4 is 18.9 Å². The lowest BCUT2D eigenvalue weighted by Crippen LogP contribution is -2.41. The molecule has 0 radical (unpaired) electrons. The highest BCUT2D eigenvalue weighted by Gasteiger charge is 2.27. The molecule has 0 saturated heterocycles. The molecular formula is C27H31N3O8. The van der Waals surface area contributed by atoms with E-state index in [4.69, 9.17) is 18.9 Å². The summed E-state index contributed by atoms with van der Waals surface area (Å²) in [6.07, 6.45) is 4.27. The quantitative estimate of drug-likeness (QED) is 0.181. The maximum atomic E-state index is 13.1. The molecule has 11 heteroatoms. The average Bonchev–Trinajstić information content (AvgIpc) is 2.93. The molecule has 2 aromatic carbocycles. The maximum absolute atomic E-state index is 13.1. The highest BCUT2D eigenvalue weighted by Crippen LogP contribution is 2.28. The number of para-hydroxylation sites is 4. The Hall–Kier alpha value is -4.46. The van der Waals surface area contributed by atoms with Gasteiger partial charge in [-0.05, 0) is 55.9 Å². The largest absolute Gasteiger partial charge is 0.493 e. The van der Waals surface area contributed by atoms with E-state index >= 15 is 0 Å². The predicted molar refractivity (Wildman–Crippen MR) is 137 cm³/mol. The predicted octanol–water partition coefficient (Wildman–Crippen LogP) is 4.94. The minimum atomic E-state index is -0.928. The van der Waals surface area contributed by atoms with Gasteiger partial charge in [0.25, 0.3) is 0 Å². The number of ether oxygens (including phenoxy) is 4. The minimum Gasteiger partial charge on any atom is -0.493 e. The molecule has 2 amide bonds. The Morgan fingerprint density at radius 3 is 1.76 bits per heavy atom. The first-order valence-corrected chi connectivity index (χ1v) is 12.1. The Kier molecular flexibility index (Phi) is 13.4. The van der Waals surface area contributed by atoms with Gasteiger partial charge in [0.1, 0.15) is 0 Å². The van der Waals surface area contributed by atoms with Crippen LogP contribution in [0.5, 0.6) is 23.0 Å². The number of imide groups is 1. The number of benzene rings is 2. The second-order valence-electron chi connectivity index (χ2n) is 8.10. The molecule has 0 aliphatic rings. The lowest BCUT2D eigenvalue weighted by molar-refractivity contribution is 0.128. The summed E-state index contributed by atoms with van der Waals surface area (Å²) in [5.74, 6) is 1.03. The van der Waals surface area contributed by atoms with E-state index < -0.39 is 12.2 Å². The minimum absolute atomic E-state index is 0.0149. The van der Waals surface area contributed by atoms with E-state index in [9.17, 15) is 19.2 Å². The van der Waals surface area contributed by atoms with E-state index in [0.717, 1.165) is 4.90 Å². The van der Waals surface area contributed by atoms with Crippen molar-refractivity contribution in [2.45, 2.75) is 32.1 Å². The van der Waals surface area contributed by atoms with Crippen LogP contribution in [0.4, 0.5) is 9.59 Å². The first kappa shape index (κ1) is 29.8. The number of hydrogen-bond donors (Lipinski definition) is 0. The molecule has 2 aromatic rings. The molecule has 0 N–H and O–H groups in total. The summed E-state index contributed by atoms with van der Waals surface area (Å²) < 4.78 is 21.4. The molecule has 202 valence electrons. The van der Waals surface area contributed by atoms with Gasteiger partial charge in [-0.2, -0.15) is 0 Å². The number of rotatable bonds is 15. The van der Waals surface area contributed by atoms with Crippen LogP contribution in [0, 0.1) is 5.92 Å². The molecule has 0 aliphatic heterocycles. The summed E-state index contributed by atoms with van der Waals surface area (Å²) in [5, 5.41) is 0. The van der Waals surface area contributed by atoms with Crippen LogP contribution in [0.25, 0.3) is 0 Å². The van der Waals surface area contributed by atoms with Crippen molar-refractivity contribution in [2.24, 2.45) is 15.9 Å². The van der Waals surface area contributed by atoms with Crippen molar-refractivity contribution in [3.05, 3.63) is 48.5 Å². The summed E-state index contributed by atoms with van der Waals surface area (Å²) >= 11 is 0. The van der Waals surface area contributed by atoms with Crippen LogP contribution in [0.1, 0.15) is 32.1 Å². The molecule has 0 aliphatic carbocycles. The van der Waals surface area contributed by atoms with Crippen molar-refractivity contribution in [1.82, 2.24) is 4.90 Å². The number of isocyanates is 2. The topological polar surface area (TPSA) is 133 Å². The van der Waals surface area contributed by atoms with Crippen molar-refractivity contribution in [1.29, 1.82) is 0 Å². The van der Waals surface area contributed by atoms with Gasteiger partial charge in [0.15, 0.2) is 23.0 Å². The first-order valence-electron chi connectivity index (χ1n) is 12.1. The summed E-state index contributed by atoms with van der Waals surface area (Å²) in [5.41, 5.74) is 0. The smallest absolute Gasteiger partial charge is 0.424 e. The molecule has 0 saturated carbocycles. The Morgan fingerprint density at radius 1 is 0.763 bits per heavy atom. The molecule has 1 atom stereocenters. The van der Waals surface area contributed by atoms with Crippen LogP contribution in [0.15, 0.2) is 58.5 Å². The fraction of sp³-hybridized carbons (Fsp3) is 0.407. The van der Waals surface area contributed by atoms with Crippen LogP contribution >= 0.6 is 0 Å². The molecule has 0 heterocycles. The van der Waals surface area contributed by atoms with Gasteiger partial charge in [0.05, 0.1) is 27.3 Å². The number of carbonyl (C=O) groups excluding carboxylic acids is 4. The van der Waals surface area contributed by atoms with E-state index in [1.165, 1.54) is 20.3 Å². The maximum Gasteiger partial charge on any atom is 0.424 e. The van der Waals surface area contributed by atoms with Gasteiger partial charge in [-0.25, -0.2) is 34.1 Å². The van der Waals surface area contributed by atoms with Crippen molar-refractivity contribution in [3.8, 4) is 23.0 Å². The number of carbonyl (C=O) groups is 2. The SMILES string of the molecule is COc1ccccc1OC(=O)N(CCCCC(CCCN=C=O)CN=C=O)C(=O)Oc1ccccc1OC. The molecule has 11 nitrogen and oxygen atoms in total. The highest BCUT2D eigenvalue weighted by molar-refractivity contribution is 5.90. The number of nitrogens with zero attached hydrogens (tertiary/aromatic N) is 3. The van der Waals surface area contributed by atoms with Crippen LogP contribution in [0.2, 0.25) is 0 Å². The van der Waals surface area contributed by atoms with Gasteiger partial charge in [0.2, 0.25) is 12.2 Å². The van der Waals surface area contributed by atoms with E-state index in [1.807, 2.05) is 0 Å². The van der Waals surface area contributed by atoms with E-state index in [-0.39, 0.29) is 24.0 Å². The Bertz CT molecular complexity index is 1080. The summed E-state index contributed by atoms with van der Waals surface area (Å²) in [6.45, 7) is 0.660. The first-order chi connectivity index (χ1) is 18.5. The molecule has 0 fully saturated rings. The number of aliphatic imine (C=N–C) groups is 2. The molecule has 2 rings (SSSR count). The molecular weight excluding hydrogens is 494 g/mol. The van der Waals surface area contributed by atoms with Gasteiger partial charge < -0.3 is 18.9 Å². The second-order valence-corrected chi connectivity index (χ2v) is 8.10. The molecule has 0 bridgehead atoms. The number of unbranched alkanes of at least 4 members (excludes halogenated alkanes) is 1. The Labute approximate surface area is 221 Å². The lowest BCUT2D eigenvalue weighted by atomic mass is 9.96. The van der Waals surface area contributed by atoms with Crippen molar-refractivity contribution >= 4 is 24.3 Å². The monoisotopic (exact) mass is 525 g/mol. The fourth-order valence-corrected chi connectivity index (χ4v) is 3.66. The molecule has 0 spiro atoms. The van der Waals surface area contributed by atoms with Crippen LogP contribution in [0.3, 0.4) is 0 Å². The molecule has 1 unspecified atom stereocenters. The zero-order valence-corrected chi connectivity index (χ0v) is 21.5. The Morgan fingerprint density at radius 2 is 1.26 bits per heavy atom. The molecule has 0 aromatic heterocycles.